The van der Waals surface area contributed by atoms with Gasteiger partial charge in [-0.3, -0.25) is 4.90 Å². The van der Waals surface area contributed by atoms with Gasteiger partial charge in [0.2, 0.25) is 6.79 Å². The van der Waals surface area contributed by atoms with Crippen molar-refractivity contribution in [2.45, 2.75) is 13.1 Å². The van der Waals surface area contributed by atoms with Crippen LogP contribution < -0.4 is 15.2 Å². The van der Waals surface area contributed by atoms with E-state index in [4.69, 9.17) is 15.2 Å². The van der Waals surface area contributed by atoms with E-state index in [1.54, 1.807) is 0 Å². The summed E-state index contributed by atoms with van der Waals surface area (Å²) in [6.07, 6.45) is 1.83. The van der Waals surface area contributed by atoms with Crippen LogP contribution in [0.1, 0.15) is 10.4 Å². The number of hydrogen-bond donors (Lipinski definition) is 1. The van der Waals surface area contributed by atoms with Crippen LogP contribution in [0.4, 0.5) is 5.13 Å². The number of ether oxygens (including phenoxy) is 2. The average molecular weight is 277 g/mol. The van der Waals surface area contributed by atoms with Crippen LogP contribution in [0.25, 0.3) is 0 Å². The summed E-state index contributed by atoms with van der Waals surface area (Å²) in [6.45, 7) is 1.99. The van der Waals surface area contributed by atoms with Gasteiger partial charge in [0, 0.05) is 24.2 Å². The molecular formula is C13H15N3O2S. The van der Waals surface area contributed by atoms with Crippen LogP contribution >= 0.6 is 11.3 Å². The molecule has 2 heterocycles. The van der Waals surface area contributed by atoms with Crippen molar-refractivity contribution in [3.05, 3.63) is 34.8 Å². The SMILES string of the molecule is CN(Cc1ccc2c(c1)OCO2)Cc1cnc(N)s1. The summed E-state index contributed by atoms with van der Waals surface area (Å²) in [4.78, 5) is 7.44. The summed E-state index contributed by atoms with van der Waals surface area (Å²) >= 11 is 1.53. The zero-order valence-electron chi connectivity index (χ0n) is 10.6. The Morgan fingerprint density at radius 2 is 2.16 bits per heavy atom. The van der Waals surface area contributed by atoms with Crippen molar-refractivity contribution in [1.82, 2.24) is 9.88 Å². The van der Waals surface area contributed by atoms with Crippen LogP contribution in [0.2, 0.25) is 0 Å². The first-order valence-corrected chi connectivity index (χ1v) is 6.79. The lowest BCUT2D eigenvalue weighted by molar-refractivity contribution is 0.174. The lowest BCUT2D eigenvalue weighted by Gasteiger charge is -2.15. The van der Waals surface area contributed by atoms with Crippen LogP contribution in [0.3, 0.4) is 0 Å². The van der Waals surface area contributed by atoms with Gasteiger partial charge < -0.3 is 15.2 Å². The second kappa shape index (κ2) is 5.07. The highest BCUT2D eigenvalue weighted by atomic mass is 32.1. The zero-order valence-corrected chi connectivity index (χ0v) is 11.4. The minimum absolute atomic E-state index is 0.314. The van der Waals surface area contributed by atoms with Gasteiger partial charge in [-0.05, 0) is 24.7 Å². The molecule has 0 radical (unpaired) electrons. The average Bonchev–Trinajstić information content (AvgIpc) is 2.97. The van der Waals surface area contributed by atoms with E-state index in [1.807, 2.05) is 18.3 Å². The van der Waals surface area contributed by atoms with E-state index in [0.29, 0.717) is 11.9 Å². The third kappa shape index (κ3) is 2.80. The summed E-state index contributed by atoms with van der Waals surface area (Å²) in [5.74, 6) is 1.65. The van der Waals surface area contributed by atoms with Gasteiger partial charge in [0.1, 0.15) is 0 Å². The normalized spacial score (nSPS) is 13.2. The minimum atomic E-state index is 0.314. The zero-order chi connectivity index (χ0) is 13.2. The Morgan fingerprint density at radius 1 is 1.32 bits per heavy atom. The lowest BCUT2D eigenvalue weighted by atomic mass is 10.2. The van der Waals surface area contributed by atoms with E-state index >= 15 is 0 Å². The number of fused-ring (bicyclic) bond motifs is 1. The predicted molar refractivity (Wildman–Crippen MR) is 74.3 cm³/mol. The summed E-state index contributed by atoms with van der Waals surface area (Å²) in [7, 11) is 2.07. The molecule has 0 fully saturated rings. The molecule has 2 aromatic rings. The van der Waals surface area contributed by atoms with Crippen molar-refractivity contribution in [2.75, 3.05) is 19.6 Å². The van der Waals surface area contributed by atoms with Gasteiger partial charge in [-0.1, -0.05) is 6.07 Å². The maximum Gasteiger partial charge on any atom is 0.231 e. The molecule has 100 valence electrons. The second-order valence-electron chi connectivity index (χ2n) is 4.52. The molecule has 0 spiro atoms. The molecule has 5 nitrogen and oxygen atoms in total. The number of benzene rings is 1. The molecule has 0 aliphatic carbocycles. The molecule has 1 aromatic carbocycles. The summed E-state index contributed by atoms with van der Waals surface area (Å²) < 4.78 is 10.7. The smallest absolute Gasteiger partial charge is 0.231 e. The van der Waals surface area contributed by atoms with E-state index in [1.165, 1.54) is 21.8 Å². The van der Waals surface area contributed by atoms with Crippen LogP contribution in [0.15, 0.2) is 24.4 Å². The monoisotopic (exact) mass is 277 g/mol. The highest BCUT2D eigenvalue weighted by Crippen LogP contribution is 2.32. The Morgan fingerprint density at radius 3 is 2.95 bits per heavy atom. The molecule has 2 N–H and O–H groups in total. The van der Waals surface area contributed by atoms with Crippen LogP contribution in [-0.4, -0.2) is 23.7 Å². The second-order valence-corrected chi connectivity index (χ2v) is 5.67. The fourth-order valence-electron chi connectivity index (χ4n) is 2.07. The Kier molecular flexibility index (Phi) is 3.27. The number of anilines is 1. The van der Waals surface area contributed by atoms with Crippen molar-refractivity contribution in [2.24, 2.45) is 0 Å². The van der Waals surface area contributed by atoms with E-state index in [2.05, 4.69) is 23.0 Å². The molecule has 0 saturated carbocycles. The Hall–Kier alpha value is -1.79. The van der Waals surface area contributed by atoms with Gasteiger partial charge in [-0.2, -0.15) is 0 Å². The molecule has 0 unspecified atom stereocenters. The number of nitrogens with two attached hydrogens (primary N) is 1. The summed E-state index contributed by atoms with van der Waals surface area (Å²) in [6, 6.07) is 6.04. The van der Waals surface area contributed by atoms with Gasteiger partial charge in [0.05, 0.1) is 0 Å². The molecule has 0 saturated heterocycles. The number of nitrogens with zero attached hydrogens (tertiary/aromatic N) is 2. The first-order chi connectivity index (χ1) is 9.20. The minimum Gasteiger partial charge on any atom is -0.454 e. The van der Waals surface area contributed by atoms with Crippen LogP contribution in [0, 0.1) is 0 Å². The van der Waals surface area contributed by atoms with Crippen molar-refractivity contribution in [3.63, 3.8) is 0 Å². The molecule has 1 aliphatic rings. The molecule has 0 atom stereocenters. The van der Waals surface area contributed by atoms with Crippen molar-refractivity contribution < 1.29 is 9.47 Å². The van der Waals surface area contributed by atoms with E-state index in [0.717, 1.165) is 24.6 Å². The number of rotatable bonds is 4. The number of aromatic nitrogens is 1. The van der Waals surface area contributed by atoms with E-state index in [-0.39, 0.29) is 0 Å². The maximum atomic E-state index is 5.63. The molecule has 0 bridgehead atoms. The van der Waals surface area contributed by atoms with E-state index < -0.39 is 0 Å². The predicted octanol–water partition coefficient (Wildman–Crippen LogP) is 2.09. The van der Waals surface area contributed by atoms with Crippen LogP contribution in [-0.2, 0) is 13.1 Å². The first kappa shape index (κ1) is 12.3. The number of hydrogen-bond acceptors (Lipinski definition) is 6. The largest absolute Gasteiger partial charge is 0.454 e. The standard InChI is InChI=1S/C13H15N3O2S/c1-16(7-10-5-15-13(14)19-10)6-9-2-3-11-12(4-9)18-8-17-11/h2-5H,6-8H2,1H3,(H2,14,15). The van der Waals surface area contributed by atoms with E-state index in [9.17, 15) is 0 Å². The Bertz CT molecular complexity index is 585. The third-order valence-corrected chi connectivity index (χ3v) is 3.70. The lowest BCUT2D eigenvalue weighted by Crippen LogP contribution is -2.16. The molecule has 19 heavy (non-hydrogen) atoms. The number of nitrogen functional groups attached to an aromatic ring is 1. The quantitative estimate of drug-likeness (QED) is 0.927. The molecule has 6 heteroatoms. The molecular weight excluding hydrogens is 262 g/mol. The summed E-state index contributed by atoms with van der Waals surface area (Å²) in [5, 5.41) is 0.617. The molecule has 0 amide bonds. The van der Waals surface area contributed by atoms with Crippen molar-refractivity contribution in [1.29, 1.82) is 0 Å². The molecule has 1 aliphatic heterocycles. The van der Waals surface area contributed by atoms with Crippen molar-refractivity contribution in [3.8, 4) is 11.5 Å². The fraction of sp³-hybridized carbons (Fsp3) is 0.308. The topological polar surface area (TPSA) is 60.6 Å². The summed E-state index contributed by atoms with van der Waals surface area (Å²) in [5.41, 5.74) is 6.83. The van der Waals surface area contributed by atoms with Gasteiger partial charge in [0.15, 0.2) is 16.6 Å². The highest BCUT2D eigenvalue weighted by molar-refractivity contribution is 7.15. The van der Waals surface area contributed by atoms with Gasteiger partial charge in [-0.15, -0.1) is 11.3 Å². The molecule has 3 rings (SSSR count). The highest BCUT2D eigenvalue weighted by Gasteiger charge is 2.14. The van der Waals surface area contributed by atoms with Crippen molar-refractivity contribution >= 4 is 16.5 Å². The number of thiazole rings is 1. The van der Waals surface area contributed by atoms with Gasteiger partial charge >= 0.3 is 0 Å². The molecule has 1 aromatic heterocycles. The fourth-order valence-corrected chi connectivity index (χ4v) is 2.83. The third-order valence-electron chi connectivity index (χ3n) is 2.89. The maximum absolute atomic E-state index is 5.63. The van der Waals surface area contributed by atoms with Crippen LogP contribution in [0.5, 0.6) is 11.5 Å². The van der Waals surface area contributed by atoms with Gasteiger partial charge in [-0.25, -0.2) is 4.98 Å². The Balaban J connectivity index is 1.64. The Labute approximate surface area is 115 Å². The first-order valence-electron chi connectivity index (χ1n) is 5.98. The van der Waals surface area contributed by atoms with Gasteiger partial charge in [0.25, 0.3) is 0 Å².